The van der Waals surface area contributed by atoms with Crippen molar-refractivity contribution < 1.29 is 13.6 Å². The Kier molecular flexibility index (Phi) is 3.49. The molecule has 6 heteroatoms. The number of aromatic nitrogens is 1. The van der Waals surface area contributed by atoms with Crippen LogP contribution in [0.4, 0.5) is 10.1 Å². The third-order valence-electron chi connectivity index (χ3n) is 3.95. The van der Waals surface area contributed by atoms with Gasteiger partial charge in [0, 0.05) is 11.9 Å². The van der Waals surface area contributed by atoms with Gasteiger partial charge in [-0.1, -0.05) is 0 Å². The third-order valence-corrected chi connectivity index (χ3v) is 3.95. The van der Waals surface area contributed by atoms with Crippen molar-refractivity contribution in [2.75, 3.05) is 5.32 Å². The van der Waals surface area contributed by atoms with Crippen LogP contribution in [-0.4, -0.2) is 15.8 Å². The molecule has 0 spiro atoms. The van der Waals surface area contributed by atoms with Crippen molar-refractivity contribution in [2.45, 2.75) is 12.7 Å². The van der Waals surface area contributed by atoms with E-state index in [1.54, 1.807) is 47.7 Å². The van der Waals surface area contributed by atoms with Gasteiger partial charge in [0.05, 0.1) is 24.1 Å². The fraction of sp³-hybridized carbons (Fsp3) is 0.111. The number of pyridine rings is 1. The Bertz CT molecular complexity index is 862. The predicted molar refractivity (Wildman–Crippen MR) is 85.6 cm³/mol. The largest absolute Gasteiger partial charge is 0.467 e. The molecule has 0 fully saturated rings. The molecule has 1 atom stereocenters. The number of benzene rings is 1. The van der Waals surface area contributed by atoms with Crippen molar-refractivity contribution in [2.24, 2.45) is 0 Å². The molecule has 1 aliphatic heterocycles. The van der Waals surface area contributed by atoms with E-state index in [1.807, 2.05) is 6.07 Å². The van der Waals surface area contributed by atoms with Crippen molar-refractivity contribution in [3.05, 3.63) is 83.8 Å². The second-order valence-electron chi connectivity index (χ2n) is 5.50. The van der Waals surface area contributed by atoms with Gasteiger partial charge >= 0.3 is 0 Å². The van der Waals surface area contributed by atoms with E-state index in [2.05, 4.69) is 10.3 Å². The molecule has 4 rings (SSSR count). The van der Waals surface area contributed by atoms with Gasteiger partial charge in [-0.15, -0.1) is 0 Å². The van der Waals surface area contributed by atoms with Crippen LogP contribution in [0.2, 0.25) is 0 Å². The van der Waals surface area contributed by atoms with Crippen LogP contribution in [0, 0.1) is 5.82 Å². The van der Waals surface area contributed by atoms with Crippen LogP contribution in [0.3, 0.4) is 0 Å². The first-order valence-electron chi connectivity index (χ1n) is 7.53. The van der Waals surface area contributed by atoms with Crippen LogP contribution in [0.5, 0.6) is 0 Å². The topological polar surface area (TPSA) is 58.4 Å². The Balaban J connectivity index is 1.68. The number of carbonyl (C=O) groups excluding carboxylic acids is 1. The smallest absolute Gasteiger partial charge is 0.258 e. The molecule has 0 aliphatic carbocycles. The van der Waals surface area contributed by atoms with Gasteiger partial charge in [-0.25, -0.2) is 4.39 Å². The molecule has 2 aromatic heterocycles. The highest BCUT2D eigenvalue weighted by Crippen LogP contribution is 2.34. The van der Waals surface area contributed by atoms with Gasteiger partial charge in [0.1, 0.15) is 17.7 Å². The number of hydrogen-bond acceptors (Lipinski definition) is 4. The first kappa shape index (κ1) is 14.4. The average molecular weight is 323 g/mol. The van der Waals surface area contributed by atoms with E-state index in [0.717, 1.165) is 0 Å². The first-order valence-corrected chi connectivity index (χ1v) is 7.53. The highest BCUT2D eigenvalue weighted by molar-refractivity contribution is 5.98. The first-order chi connectivity index (χ1) is 11.7. The Hall–Kier alpha value is -3.15. The van der Waals surface area contributed by atoms with Crippen LogP contribution in [0.1, 0.15) is 28.0 Å². The second kappa shape index (κ2) is 5.81. The average Bonchev–Trinajstić information content (AvgIpc) is 3.20. The summed E-state index contributed by atoms with van der Waals surface area (Å²) in [4.78, 5) is 18.7. The SMILES string of the molecule is O=C1c2cccnc2C(Nc2ccc(F)cc2)N1Cc1ccco1. The lowest BCUT2D eigenvalue weighted by Gasteiger charge is -2.25. The molecular formula is C18H14FN3O2. The molecule has 3 aromatic rings. The van der Waals surface area contributed by atoms with Gasteiger partial charge in [-0.05, 0) is 48.5 Å². The summed E-state index contributed by atoms with van der Waals surface area (Å²) in [5, 5.41) is 3.25. The Morgan fingerprint density at radius 3 is 2.75 bits per heavy atom. The highest BCUT2D eigenvalue weighted by atomic mass is 19.1. The molecule has 1 aliphatic rings. The van der Waals surface area contributed by atoms with Crippen molar-refractivity contribution in [1.82, 2.24) is 9.88 Å². The van der Waals surface area contributed by atoms with Gasteiger partial charge < -0.3 is 14.6 Å². The maximum atomic E-state index is 13.1. The summed E-state index contributed by atoms with van der Waals surface area (Å²) in [6, 6.07) is 13.1. The van der Waals surface area contributed by atoms with E-state index in [-0.39, 0.29) is 11.7 Å². The summed E-state index contributed by atoms with van der Waals surface area (Å²) < 4.78 is 18.5. The zero-order valence-corrected chi connectivity index (χ0v) is 12.6. The molecular weight excluding hydrogens is 309 g/mol. The van der Waals surface area contributed by atoms with E-state index in [9.17, 15) is 9.18 Å². The fourth-order valence-electron chi connectivity index (χ4n) is 2.82. The van der Waals surface area contributed by atoms with Crippen LogP contribution in [0.25, 0.3) is 0 Å². The molecule has 0 saturated carbocycles. The number of amides is 1. The molecule has 0 radical (unpaired) electrons. The molecule has 1 aromatic carbocycles. The Morgan fingerprint density at radius 2 is 2.00 bits per heavy atom. The number of anilines is 1. The van der Waals surface area contributed by atoms with Gasteiger partial charge in [-0.2, -0.15) is 0 Å². The standard InChI is InChI=1S/C18H14FN3O2/c19-12-5-7-13(8-6-12)21-17-16-15(4-1-9-20-16)18(23)22(17)11-14-3-2-10-24-14/h1-10,17,21H,11H2. The third kappa shape index (κ3) is 2.52. The van der Waals surface area contributed by atoms with Crippen LogP contribution < -0.4 is 5.32 Å². The molecule has 1 amide bonds. The normalized spacial score (nSPS) is 16.3. The Morgan fingerprint density at radius 1 is 1.17 bits per heavy atom. The number of hydrogen-bond donors (Lipinski definition) is 1. The van der Waals surface area contributed by atoms with Crippen LogP contribution in [0.15, 0.2) is 65.4 Å². The molecule has 1 unspecified atom stereocenters. The number of fused-ring (bicyclic) bond motifs is 1. The van der Waals surface area contributed by atoms with E-state index < -0.39 is 6.17 Å². The minimum Gasteiger partial charge on any atom is -0.467 e. The van der Waals surface area contributed by atoms with E-state index in [0.29, 0.717) is 29.2 Å². The number of rotatable bonds is 4. The summed E-state index contributed by atoms with van der Waals surface area (Å²) in [6.07, 6.45) is 2.79. The lowest BCUT2D eigenvalue weighted by atomic mass is 10.2. The van der Waals surface area contributed by atoms with Crippen molar-refractivity contribution in [3.63, 3.8) is 0 Å². The molecule has 0 saturated heterocycles. The number of furan rings is 1. The molecule has 5 nitrogen and oxygen atoms in total. The minimum atomic E-state index is -0.440. The number of carbonyl (C=O) groups is 1. The van der Waals surface area contributed by atoms with Crippen molar-refractivity contribution in [1.29, 1.82) is 0 Å². The Labute approximate surface area is 137 Å². The molecule has 0 bridgehead atoms. The summed E-state index contributed by atoms with van der Waals surface area (Å²) in [5.41, 5.74) is 1.92. The molecule has 120 valence electrons. The van der Waals surface area contributed by atoms with Gasteiger partial charge in [0.15, 0.2) is 0 Å². The second-order valence-corrected chi connectivity index (χ2v) is 5.50. The highest BCUT2D eigenvalue weighted by Gasteiger charge is 2.38. The zero-order chi connectivity index (χ0) is 16.5. The quantitative estimate of drug-likeness (QED) is 0.797. The van der Waals surface area contributed by atoms with Crippen LogP contribution in [-0.2, 0) is 6.54 Å². The van der Waals surface area contributed by atoms with Crippen molar-refractivity contribution >= 4 is 11.6 Å². The van der Waals surface area contributed by atoms with Gasteiger partial charge in [0.2, 0.25) is 0 Å². The lowest BCUT2D eigenvalue weighted by molar-refractivity contribution is 0.0714. The van der Waals surface area contributed by atoms with Gasteiger partial charge in [0.25, 0.3) is 5.91 Å². The lowest BCUT2D eigenvalue weighted by Crippen LogP contribution is -2.31. The number of halogens is 1. The molecule has 3 heterocycles. The monoisotopic (exact) mass is 323 g/mol. The number of nitrogens with zero attached hydrogens (tertiary/aromatic N) is 2. The van der Waals surface area contributed by atoms with E-state index in [1.165, 1.54) is 12.1 Å². The summed E-state index contributed by atoms with van der Waals surface area (Å²) in [6.45, 7) is 0.320. The fourth-order valence-corrected chi connectivity index (χ4v) is 2.82. The van der Waals surface area contributed by atoms with E-state index in [4.69, 9.17) is 4.42 Å². The summed E-state index contributed by atoms with van der Waals surface area (Å²) in [7, 11) is 0. The van der Waals surface area contributed by atoms with E-state index >= 15 is 0 Å². The molecule has 1 N–H and O–H groups in total. The van der Waals surface area contributed by atoms with Crippen LogP contribution >= 0.6 is 0 Å². The number of nitrogens with one attached hydrogen (secondary N) is 1. The maximum Gasteiger partial charge on any atom is 0.258 e. The molecule has 24 heavy (non-hydrogen) atoms. The van der Waals surface area contributed by atoms with Gasteiger partial charge in [-0.3, -0.25) is 9.78 Å². The predicted octanol–water partition coefficient (Wildman–Crippen LogP) is 3.58. The zero-order valence-electron chi connectivity index (χ0n) is 12.6. The minimum absolute atomic E-state index is 0.117. The summed E-state index contributed by atoms with van der Waals surface area (Å²) in [5.74, 6) is 0.255. The summed E-state index contributed by atoms with van der Waals surface area (Å²) >= 11 is 0. The van der Waals surface area contributed by atoms with Crippen molar-refractivity contribution in [3.8, 4) is 0 Å². The maximum absolute atomic E-state index is 13.1.